The number of phosphoric ester groups is 1. The van der Waals surface area contributed by atoms with Crippen molar-refractivity contribution in [2.45, 2.75) is 225 Å². The number of nitrogens with zero attached hydrogens (tertiary/aromatic N) is 1. The molecule has 0 heterocycles. The van der Waals surface area contributed by atoms with Gasteiger partial charge in [-0.05, 0) is 141 Å². The Morgan fingerprint density at radius 1 is 0.360 bits per heavy atom. The summed E-state index contributed by atoms with van der Waals surface area (Å²) in [5, 5.41) is 0. The maximum atomic E-state index is 12.8. The van der Waals surface area contributed by atoms with Crippen LogP contribution < -0.4 is 4.89 Å². The maximum absolute atomic E-state index is 12.8. The summed E-state index contributed by atoms with van der Waals surface area (Å²) < 4.78 is 34.2. The van der Waals surface area contributed by atoms with Gasteiger partial charge in [0.05, 0.1) is 27.7 Å². The molecule has 0 rings (SSSR count). The molecule has 0 aromatic heterocycles. The van der Waals surface area contributed by atoms with Gasteiger partial charge in [-0.15, -0.1) is 0 Å². The van der Waals surface area contributed by atoms with Crippen molar-refractivity contribution in [1.29, 1.82) is 0 Å². The molecule has 0 aliphatic carbocycles. The number of hydrogen-bond acceptors (Lipinski definition) is 8. The smallest absolute Gasteiger partial charge is 0.306 e. The highest BCUT2D eigenvalue weighted by molar-refractivity contribution is 7.45. The summed E-state index contributed by atoms with van der Waals surface area (Å²) >= 11 is 0. The largest absolute Gasteiger partial charge is 0.756 e. The molecule has 0 bridgehead atoms. The van der Waals surface area contributed by atoms with Crippen LogP contribution in [0.25, 0.3) is 0 Å². The molecular weight excluding hydrogens is 1090 g/mol. The summed E-state index contributed by atoms with van der Waals surface area (Å²) in [5.41, 5.74) is 0. The van der Waals surface area contributed by atoms with Crippen molar-refractivity contribution in [3.05, 3.63) is 194 Å². The van der Waals surface area contributed by atoms with Crippen molar-refractivity contribution >= 4 is 19.8 Å². The predicted octanol–water partition coefficient (Wildman–Crippen LogP) is 21.1. The van der Waals surface area contributed by atoms with Crippen molar-refractivity contribution in [1.82, 2.24) is 0 Å². The summed E-state index contributed by atoms with van der Waals surface area (Å²) in [6, 6.07) is 0. The van der Waals surface area contributed by atoms with Crippen molar-refractivity contribution in [2.24, 2.45) is 0 Å². The van der Waals surface area contributed by atoms with Gasteiger partial charge in [-0.2, -0.15) is 0 Å². The number of allylic oxidation sites excluding steroid dienone is 32. The van der Waals surface area contributed by atoms with Crippen LogP contribution in [0.1, 0.15) is 219 Å². The molecule has 2 unspecified atom stereocenters. The lowest BCUT2D eigenvalue weighted by Crippen LogP contribution is -2.37. The van der Waals surface area contributed by atoms with E-state index >= 15 is 0 Å². The van der Waals surface area contributed by atoms with Gasteiger partial charge in [-0.3, -0.25) is 14.2 Å². The fourth-order valence-corrected chi connectivity index (χ4v) is 8.83. The van der Waals surface area contributed by atoms with Gasteiger partial charge in [0.2, 0.25) is 0 Å². The minimum absolute atomic E-state index is 0.0477. The molecule has 0 radical (unpaired) electrons. The minimum atomic E-state index is -4.66. The van der Waals surface area contributed by atoms with E-state index in [2.05, 4.69) is 208 Å². The monoisotopic (exact) mass is 1210 g/mol. The van der Waals surface area contributed by atoms with E-state index in [-0.39, 0.29) is 26.1 Å². The number of esters is 2. The molecule has 0 aliphatic heterocycles. The lowest BCUT2D eigenvalue weighted by molar-refractivity contribution is -0.870. The highest BCUT2D eigenvalue weighted by atomic mass is 31.2. The molecule has 9 nitrogen and oxygen atoms in total. The third-order valence-corrected chi connectivity index (χ3v) is 14.1. The van der Waals surface area contributed by atoms with E-state index in [9.17, 15) is 19.0 Å². The first-order valence-electron chi connectivity index (χ1n) is 33.1. The molecule has 0 aromatic carbocycles. The van der Waals surface area contributed by atoms with Crippen LogP contribution in [0, 0.1) is 0 Å². The van der Waals surface area contributed by atoms with Crippen LogP contribution >= 0.6 is 7.82 Å². The number of unbranched alkanes of at least 4 members (excludes halogenated alkanes) is 12. The lowest BCUT2D eigenvalue weighted by atomic mass is 10.1. The lowest BCUT2D eigenvalue weighted by Gasteiger charge is -2.28. The Morgan fingerprint density at radius 2 is 0.628 bits per heavy atom. The Bertz CT molecular complexity index is 2150. The van der Waals surface area contributed by atoms with Gasteiger partial charge in [-0.25, -0.2) is 0 Å². The summed E-state index contributed by atoms with van der Waals surface area (Å²) in [4.78, 5) is 38.0. The number of carbonyl (C=O) groups is 2. The number of ether oxygens (including phenoxy) is 2. The minimum Gasteiger partial charge on any atom is -0.756 e. The van der Waals surface area contributed by atoms with Crippen LogP contribution in [0.3, 0.4) is 0 Å². The van der Waals surface area contributed by atoms with Crippen molar-refractivity contribution in [2.75, 3.05) is 47.5 Å². The molecule has 0 aliphatic rings. The van der Waals surface area contributed by atoms with Gasteiger partial charge < -0.3 is 27.9 Å². The van der Waals surface area contributed by atoms with Crippen LogP contribution in [0.2, 0.25) is 0 Å². The molecule has 0 saturated carbocycles. The third kappa shape index (κ3) is 68.0. The fourth-order valence-electron chi connectivity index (χ4n) is 8.10. The fraction of sp³-hybridized carbons (Fsp3) is 0.553. The van der Waals surface area contributed by atoms with Crippen LogP contribution in [0.5, 0.6) is 0 Å². The molecule has 86 heavy (non-hydrogen) atoms. The van der Waals surface area contributed by atoms with Crippen molar-refractivity contribution in [3.8, 4) is 0 Å². The normalized spacial score (nSPS) is 14.4. The molecule has 0 spiro atoms. The Hall–Kier alpha value is -5.15. The van der Waals surface area contributed by atoms with Gasteiger partial charge in [0.15, 0.2) is 6.10 Å². The number of hydrogen-bond donors (Lipinski definition) is 0. The SMILES string of the molecule is CC/C=C\C/C=C\C/C=C\C/C=C\C/C=C\C/C=C\C/C=C\C/C=C\C/C=C\C/C=C\C/C=C\CCCCCCCCCC(=O)OC(COC(=O)CCCCCCC/C=C\C/C=C\C/C=C\C/C=C\C/C=C\CC)COP(=O)([O-])OCC[N+](C)(C)C. The van der Waals surface area contributed by atoms with Gasteiger partial charge in [0.25, 0.3) is 7.82 Å². The van der Waals surface area contributed by atoms with Crippen LogP contribution in [0.4, 0.5) is 0 Å². The number of phosphoric acid groups is 1. The number of carbonyl (C=O) groups excluding carboxylic acids is 2. The Balaban J connectivity index is 4.19. The highest BCUT2D eigenvalue weighted by Gasteiger charge is 2.22. The molecule has 0 aromatic rings. The predicted molar refractivity (Wildman–Crippen MR) is 369 cm³/mol. The topological polar surface area (TPSA) is 111 Å². The van der Waals surface area contributed by atoms with Crippen molar-refractivity contribution in [3.63, 3.8) is 0 Å². The average Bonchev–Trinajstić information content (AvgIpc) is 3.70. The summed E-state index contributed by atoms with van der Waals surface area (Å²) in [5.74, 6) is -0.884. The van der Waals surface area contributed by atoms with Crippen molar-refractivity contribution < 1.29 is 42.1 Å². The summed E-state index contributed by atoms with van der Waals surface area (Å²) in [6.07, 6.45) is 101. The van der Waals surface area contributed by atoms with E-state index in [1.165, 1.54) is 12.8 Å². The zero-order valence-corrected chi connectivity index (χ0v) is 55.6. The Labute approximate surface area is 526 Å². The van der Waals surface area contributed by atoms with E-state index < -0.39 is 32.5 Å². The van der Waals surface area contributed by atoms with E-state index in [0.29, 0.717) is 23.9 Å². The second-order valence-corrected chi connectivity index (χ2v) is 23.8. The van der Waals surface area contributed by atoms with Gasteiger partial charge in [0.1, 0.15) is 19.8 Å². The van der Waals surface area contributed by atoms with E-state index in [1.54, 1.807) is 0 Å². The van der Waals surface area contributed by atoms with E-state index in [4.69, 9.17) is 18.5 Å². The summed E-state index contributed by atoms with van der Waals surface area (Å²) in [7, 11) is 1.12. The first-order valence-corrected chi connectivity index (χ1v) is 34.6. The van der Waals surface area contributed by atoms with Gasteiger partial charge >= 0.3 is 11.9 Å². The van der Waals surface area contributed by atoms with E-state index in [0.717, 1.165) is 167 Å². The molecule has 2 atom stereocenters. The molecule has 0 fully saturated rings. The number of rotatable bonds is 58. The molecule has 0 saturated heterocycles. The molecule has 0 N–H and O–H groups in total. The Morgan fingerprint density at radius 3 is 0.930 bits per heavy atom. The third-order valence-electron chi connectivity index (χ3n) is 13.1. The standard InChI is InChI=1S/C76H120NO8P/c1-6-8-10-12-14-16-18-20-22-24-26-28-29-30-31-32-33-34-35-36-37-38-39-40-41-42-43-44-45-46-47-49-51-53-55-57-59-61-63-65-67-69-76(79)85-74(73-84-86(80,81)83-71-70-77(3,4)5)72-82-75(78)68-66-64-62-60-58-56-54-52-50-48-27-25-23-21-19-17-15-13-11-9-7-2/h8-11,14-17,20-23,26-28,30-31,33-34,36-37,39-40,42-43,45-46,48-49,51-52,54,74H,6-7,12-13,18-19,24-25,29,32,35,38,41,44,47,50,53,55-73H2,1-5H3/b10-8-,11-9-,16-14-,17-15-,22-20-,23-21-,28-26-,31-30-,34-33-,37-36-,40-39-,43-42-,46-45-,48-27-,51-49-,54-52-. The average molecular weight is 1210 g/mol. The number of likely N-dealkylation sites (N-methyl/N-ethyl adjacent to an activating group) is 1. The highest BCUT2D eigenvalue weighted by Crippen LogP contribution is 2.38. The quantitative estimate of drug-likeness (QED) is 0.0195. The van der Waals surface area contributed by atoms with Gasteiger partial charge in [-0.1, -0.05) is 260 Å². The first-order chi connectivity index (χ1) is 42.0. The Kier molecular flexibility index (Phi) is 60.5. The maximum Gasteiger partial charge on any atom is 0.306 e. The van der Waals surface area contributed by atoms with Crippen LogP contribution in [0.15, 0.2) is 194 Å². The molecule has 482 valence electrons. The summed E-state index contributed by atoms with van der Waals surface area (Å²) in [6.45, 7) is 3.94. The second kappa shape index (κ2) is 64.3. The van der Waals surface area contributed by atoms with E-state index in [1.807, 2.05) is 21.1 Å². The molecule has 10 heteroatoms. The molecular formula is C76H120NO8P. The number of quaternary nitrogens is 1. The van der Waals surface area contributed by atoms with Gasteiger partial charge in [0, 0.05) is 12.8 Å². The van der Waals surface area contributed by atoms with Crippen LogP contribution in [-0.2, 0) is 32.7 Å². The molecule has 0 amide bonds. The zero-order chi connectivity index (χ0) is 62.6. The first kappa shape index (κ1) is 80.8. The zero-order valence-electron chi connectivity index (χ0n) is 54.7. The van der Waals surface area contributed by atoms with Crippen LogP contribution in [-0.4, -0.2) is 70.0 Å². The second-order valence-electron chi connectivity index (χ2n) is 22.4.